The van der Waals surface area contributed by atoms with Gasteiger partial charge in [-0.3, -0.25) is 0 Å². The maximum atomic E-state index is 5.25. The third-order valence-electron chi connectivity index (χ3n) is 2.72. The molecule has 0 aliphatic carbocycles. The third-order valence-corrected chi connectivity index (χ3v) is 4.09. The Kier molecular flexibility index (Phi) is 4.66. The van der Waals surface area contributed by atoms with E-state index in [2.05, 4.69) is 22.4 Å². The molecule has 2 heterocycles. The van der Waals surface area contributed by atoms with Crippen molar-refractivity contribution in [1.29, 1.82) is 0 Å². The first-order valence-electron chi connectivity index (χ1n) is 6.05. The van der Waals surface area contributed by atoms with Gasteiger partial charge in [-0.2, -0.15) is 16.7 Å². The van der Waals surface area contributed by atoms with Crippen LogP contribution < -0.4 is 5.32 Å². The van der Waals surface area contributed by atoms with Crippen molar-refractivity contribution in [3.63, 3.8) is 0 Å². The van der Waals surface area contributed by atoms with Gasteiger partial charge in [-0.05, 0) is 25.1 Å². The lowest BCUT2D eigenvalue weighted by atomic mass is 10.2. The van der Waals surface area contributed by atoms with Crippen LogP contribution in [-0.4, -0.2) is 29.0 Å². The molecule has 1 unspecified atom stereocenters. The Labute approximate surface area is 101 Å². The molecule has 2 rings (SSSR count). The number of hydrogen-bond donors (Lipinski definition) is 1. The van der Waals surface area contributed by atoms with E-state index in [-0.39, 0.29) is 0 Å². The molecule has 16 heavy (non-hydrogen) atoms. The highest BCUT2D eigenvalue weighted by molar-refractivity contribution is 7.99. The lowest BCUT2D eigenvalue weighted by Gasteiger charge is -2.17. The van der Waals surface area contributed by atoms with Gasteiger partial charge in [-0.15, -0.1) is 0 Å². The van der Waals surface area contributed by atoms with Gasteiger partial charge in [0.2, 0.25) is 5.89 Å². The van der Waals surface area contributed by atoms with E-state index < -0.39 is 0 Å². The van der Waals surface area contributed by atoms with Crippen LogP contribution in [0.25, 0.3) is 0 Å². The predicted molar refractivity (Wildman–Crippen MR) is 65.6 cm³/mol. The van der Waals surface area contributed by atoms with Gasteiger partial charge >= 0.3 is 0 Å². The maximum absolute atomic E-state index is 5.25. The maximum Gasteiger partial charge on any atom is 0.227 e. The number of rotatable bonds is 5. The van der Waals surface area contributed by atoms with E-state index in [9.17, 15) is 0 Å². The van der Waals surface area contributed by atoms with Gasteiger partial charge in [-0.25, -0.2) is 0 Å². The molecule has 1 aromatic heterocycles. The smallest absolute Gasteiger partial charge is 0.227 e. The Morgan fingerprint density at radius 2 is 2.44 bits per heavy atom. The summed E-state index contributed by atoms with van der Waals surface area (Å²) in [6.07, 6.45) is 4.64. The minimum Gasteiger partial charge on any atom is -0.339 e. The molecule has 1 atom stereocenters. The van der Waals surface area contributed by atoms with E-state index >= 15 is 0 Å². The van der Waals surface area contributed by atoms with Crippen molar-refractivity contribution in [2.24, 2.45) is 0 Å². The Hall–Kier alpha value is -0.550. The molecule has 0 spiro atoms. The molecule has 1 fully saturated rings. The molecular weight excluding hydrogens is 222 g/mol. The summed E-state index contributed by atoms with van der Waals surface area (Å²) in [6, 6.07) is 0. The average molecular weight is 241 g/mol. The minimum absolute atomic E-state index is 0.463. The van der Waals surface area contributed by atoms with Crippen molar-refractivity contribution < 1.29 is 4.52 Å². The highest BCUT2D eigenvalue weighted by Gasteiger charge is 2.21. The van der Waals surface area contributed by atoms with Gasteiger partial charge in [0.15, 0.2) is 5.82 Å². The second kappa shape index (κ2) is 6.25. The van der Waals surface area contributed by atoms with E-state index in [0.717, 1.165) is 31.2 Å². The topological polar surface area (TPSA) is 51.0 Å². The fraction of sp³-hybridized carbons (Fsp3) is 0.818. The average Bonchev–Trinajstić information content (AvgIpc) is 2.79. The van der Waals surface area contributed by atoms with Crippen molar-refractivity contribution in [2.75, 3.05) is 18.8 Å². The number of aromatic nitrogens is 2. The zero-order chi connectivity index (χ0) is 11.2. The molecule has 1 aromatic rings. The van der Waals surface area contributed by atoms with Gasteiger partial charge in [0.05, 0.1) is 5.25 Å². The first-order valence-corrected chi connectivity index (χ1v) is 7.10. The highest BCUT2D eigenvalue weighted by atomic mass is 32.2. The molecule has 4 nitrogen and oxygen atoms in total. The van der Waals surface area contributed by atoms with Crippen molar-refractivity contribution in [3.8, 4) is 0 Å². The summed E-state index contributed by atoms with van der Waals surface area (Å²) in [4.78, 5) is 4.47. The molecule has 5 heteroatoms. The molecule has 0 radical (unpaired) electrons. The van der Waals surface area contributed by atoms with Crippen LogP contribution in [0.15, 0.2) is 4.52 Å². The molecule has 1 aliphatic rings. The molecule has 0 aromatic carbocycles. The number of hydrogen-bond acceptors (Lipinski definition) is 5. The molecule has 1 N–H and O–H groups in total. The molecular formula is C11H19N3OS. The van der Waals surface area contributed by atoms with E-state index in [0.29, 0.717) is 5.25 Å². The Morgan fingerprint density at radius 1 is 1.50 bits per heavy atom. The van der Waals surface area contributed by atoms with Crippen LogP contribution in [0.4, 0.5) is 0 Å². The summed E-state index contributed by atoms with van der Waals surface area (Å²) in [6.45, 7) is 3.99. The van der Waals surface area contributed by atoms with E-state index in [1.54, 1.807) is 0 Å². The summed E-state index contributed by atoms with van der Waals surface area (Å²) in [5, 5.41) is 7.80. The minimum atomic E-state index is 0.463. The normalized spacial score (nSPS) is 21.2. The molecule has 0 bridgehead atoms. The fourth-order valence-corrected chi connectivity index (χ4v) is 3.05. The van der Waals surface area contributed by atoms with Crippen LogP contribution in [0.5, 0.6) is 0 Å². The lowest BCUT2D eigenvalue weighted by molar-refractivity contribution is 0.370. The van der Waals surface area contributed by atoms with E-state index in [1.165, 1.54) is 25.0 Å². The van der Waals surface area contributed by atoms with Gasteiger partial charge in [0, 0.05) is 13.0 Å². The van der Waals surface area contributed by atoms with Crippen LogP contribution in [0.3, 0.4) is 0 Å². The van der Waals surface area contributed by atoms with Crippen molar-refractivity contribution in [1.82, 2.24) is 15.5 Å². The Morgan fingerprint density at radius 3 is 3.19 bits per heavy atom. The Balaban J connectivity index is 1.85. The van der Waals surface area contributed by atoms with Gasteiger partial charge in [0.1, 0.15) is 0 Å². The van der Waals surface area contributed by atoms with Crippen LogP contribution in [0, 0.1) is 0 Å². The number of likely N-dealkylation sites (N-methyl/N-ethyl adjacent to an activating group) is 1. The van der Waals surface area contributed by atoms with Crippen molar-refractivity contribution >= 4 is 11.8 Å². The number of nitrogens with zero attached hydrogens (tertiary/aromatic N) is 2. The SMILES string of the molecule is CCNCCc1nc(C2CCCCS2)no1. The summed E-state index contributed by atoms with van der Waals surface area (Å²) in [7, 11) is 0. The van der Waals surface area contributed by atoms with Crippen LogP contribution in [0.1, 0.15) is 43.2 Å². The lowest BCUT2D eigenvalue weighted by Crippen LogP contribution is -2.16. The standard InChI is InChI=1S/C11H19N3OS/c1-2-12-7-6-10-13-11(14-15-10)9-5-3-4-8-16-9/h9,12H,2-8H2,1H3. The van der Waals surface area contributed by atoms with Crippen LogP contribution in [0.2, 0.25) is 0 Å². The first-order chi connectivity index (χ1) is 7.90. The van der Waals surface area contributed by atoms with E-state index in [4.69, 9.17) is 4.52 Å². The predicted octanol–water partition coefficient (Wildman–Crippen LogP) is 2.18. The molecule has 0 amide bonds. The van der Waals surface area contributed by atoms with Crippen LogP contribution >= 0.6 is 11.8 Å². The van der Waals surface area contributed by atoms with Crippen molar-refractivity contribution in [2.45, 2.75) is 37.9 Å². The highest BCUT2D eigenvalue weighted by Crippen LogP contribution is 2.36. The third kappa shape index (κ3) is 3.22. The van der Waals surface area contributed by atoms with Crippen molar-refractivity contribution in [3.05, 3.63) is 11.7 Å². The van der Waals surface area contributed by atoms with Crippen LogP contribution in [-0.2, 0) is 6.42 Å². The quantitative estimate of drug-likeness (QED) is 0.801. The van der Waals surface area contributed by atoms with Gasteiger partial charge in [0.25, 0.3) is 0 Å². The monoisotopic (exact) mass is 241 g/mol. The van der Waals surface area contributed by atoms with Gasteiger partial charge < -0.3 is 9.84 Å². The summed E-state index contributed by atoms with van der Waals surface area (Å²) in [5.41, 5.74) is 0. The molecule has 90 valence electrons. The number of thioether (sulfide) groups is 1. The summed E-state index contributed by atoms with van der Waals surface area (Å²) < 4.78 is 5.25. The zero-order valence-corrected chi connectivity index (χ0v) is 10.6. The second-order valence-corrected chi connectivity index (χ2v) is 5.32. The number of nitrogens with one attached hydrogen (secondary N) is 1. The van der Waals surface area contributed by atoms with Gasteiger partial charge in [-0.1, -0.05) is 18.5 Å². The molecule has 0 saturated carbocycles. The summed E-state index contributed by atoms with van der Waals surface area (Å²) >= 11 is 1.96. The largest absolute Gasteiger partial charge is 0.339 e. The second-order valence-electron chi connectivity index (χ2n) is 4.01. The zero-order valence-electron chi connectivity index (χ0n) is 9.74. The molecule has 1 aliphatic heterocycles. The Bertz CT molecular complexity index is 310. The molecule has 1 saturated heterocycles. The fourth-order valence-electron chi connectivity index (χ4n) is 1.82. The first kappa shape index (κ1) is 11.9. The van der Waals surface area contributed by atoms with E-state index in [1.807, 2.05) is 11.8 Å². The summed E-state index contributed by atoms with van der Waals surface area (Å²) in [5.74, 6) is 2.89.